The standard InChI is InChI=1S/C22H22Cl3N3O2/c1-3-22(2)29-18-13(8-12-4-5-15(23)16(24)9-12)10-17(19(18)30-22)28-7-6-14-20(25)26-11-27-21(14)28/h4-7,9,11,13,17-19H,3,8,10H2,1-2H3/t13-,17+,18+,19-,22?/m0/s1. The summed E-state index contributed by atoms with van der Waals surface area (Å²) in [6, 6.07) is 7.89. The summed E-state index contributed by atoms with van der Waals surface area (Å²) >= 11 is 18.6. The van der Waals surface area contributed by atoms with Gasteiger partial charge in [-0.2, -0.15) is 0 Å². The van der Waals surface area contributed by atoms with E-state index in [4.69, 9.17) is 44.3 Å². The molecule has 5 rings (SSSR count). The normalized spacial score (nSPS) is 30.8. The van der Waals surface area contributed by atoms with Gasteiger partial charge in [-0.1, -0.05) is 47.8 Å². The van der Waals surface area contributed by atoms with Crippen LogP contribution in [0.2, 0.25) is 15.2 Å². The molecule has 5 nitrogen and oxygen atoms in total. The molecule has 2 aliphatic rings. The van der Waals surface area contributed by atoms with E-state index >= 15 is 0 Å². The van der Waals surface area contributed by atoms with Crippen molar-refractivity contribution in [2.75, 3.05) is 0 Å². The number of nitrogens with zero attached hydrogens (tertiary/aromatic N) is 3. The molecular formula is C22H22Cl3N3O2. The van der Waals surface area contributed by atoms with Crippen LogP contribution < -0.4 is 0 Å². The maximum Gasteiger partial charge on any atom is 0.166 e. The number of ether oxygens (including phenoxy) is 2. The van der Waals surface area contributed by atoms with Gasteiger partial charge in [-0.3, -0.25) is 0 Å². The van der Waals surface area contributed by atoms with Crippen molar-refractivity contribution >= 4 is 45.8 Å². The number of halogens is 3. The van der Waals surface area contributed by atoms with E-state index in [1.807, 2.05) is 37.4 Å². The Kier molecular flexibility index (Phi) is 5.23. The monoisotopic (exact) mass is 465 g/mol. The fraction of sp³-hybridized carbons (Fsp3) is 0.455. The van der Waals surface area contributed by atoms with Crippen molar-refractivity contribution in [3.8, 4) is 0 Å². The Morgan fingerprint density at radius 1 is 1.10 bits per heavy atom. The number of fused-ring (bicyclic) bond motifs is 2. The highest BCUT2D eigenvalue weighted by Crippen LogP contribution is 2.49. The third-order valence-corrected chi connectivity index (χ3v) is 7.46. The second-order valence-corrected chi connectivity index (χ2v) is 9.47. The fourth-order valence-corrected chi connectivity index (χ4v) is 5.30. The first-order chi connectivity index (χ1) is 14.4. The van der Waals surface area contributed by atoms with E-state index < -0.39 is 5.79 Å². The first-order valence-electron chi connectivity index (χ1n) is 10.1. The van der Waals surface area contributed by atoms with Gasteiger partial charge in [0, 0.05) is 6.20 Å². The van der Waals surface area contributed by atoms with Crippen LogP contribution in [-0.2, 0) is 15.9 Å². The quantitative estimate of drug-likeness (QED) is 0.436. The van der Waals surface area contributed by atoms with Gasteiger partial charge in [0.1, 0.15) is 23.2 Å². The Labute approximate surface area is 190 Å². The molecule has 5 atom stereocenters. The van der Waals surface area contributed by atoms with Gasteiger partial charge in [0.05, 0.1) is 27.6 Å². The highest BCUT2D eigenvalue weighted by atomic mass is 35.5. The molecule has 1 saturated heterocycles. The third-order valence-electron chi connectivity index (χ3n) is 6.42. The van der Waals surface area contributed by atoms with Crippen LogP contribution in [-0.4, -0.2) is 32.5 Å². The van der Waals surface area contributed by atoms with E-state index in [1.54, 1.807) is 0 Å². The van der Waals surface area contributed by atoms with Crippen molar-refractivity contribution in [2.45, 2.75) is 57.1 Å². The lowest BCUT2D eigenvalue weighted by atomic mass is 9.95. The molecule has 8 heteroatoms. The van der Waals surface area contributed by atoms with E-state index in [0.717, 1.165) is 35.9 Å². The van der Waals surface area contributed by atoms with Crippen molar-refractivity contribution < 1.29 is 9.47 Å². The SMILES string of the molecule is CCC1(C)O[C@@H]2[C@@H](Cc3ccc(Cl)c(Cl)c3)C[C@@H](n3ccc4c(Cl)ncnc43)[C@@H]2O1. The van der Waals surface area contributed by atoms with Gasteiger partial charge in [0.2, 0.25) is 0 Å². The van der Waals surface area contributed by atoms with E-state index in [0.29, 0.717) is 15.2 Å². The van der Waals surface area contributed by atoms with E-state index in [1.165, 1.54) is 6.33 Å². The smallest absolute Gasteiger partial charge is 0.166 e. The molecule has 1 aliphatic heterocycles. The predicted octanol–water partition coefficient (Wildman–Crippen LogP) is 6.11. The van der Waals surface area contributed by atoms with Crippen molar-refractivity contribution in [1.82, 2.24) is 14.5 Å². The van der Waals surface area contributed by atoms with Gasteiger partial charge in [-0.25, -0.2) is 9.97 Å². The average Bonchev–Trinajstić information content (AvgIpc) is 3.38. The molecule has 30 heavy (non-hydrogen) atoms. The summed E-state index contributed by atoms with van der Waals surface area (Å²) in [7, 11) is 0. The summed E-state index contributed by atoms with van der Waals surface area (Å²) in [4.78, 5) is 8.58. The average molecular weight is 467 g/mol. The molecule has 1 aliphatic carbocycles. The molecule has 0 bridgehead atoms. The van der Waals surface area contributed by atoms with Crippen molar-refractivity contribution in [1.29, 1.82) is 0 Å². The molecule has 0 amide bonds. The maximum absolute atomic E-state index is 6.48. The number of benzene rings is 1. The first-order valence-corrected chi connectivity index (χ1v) is 11.3. The van der Waals surface area contributed by atoms with E-state index in [2.05, 4.69) is 21.5 Å². The largest absolute Gasteiger partial charge is 0.344 e. The molecule has 3 heterocycles. The van der Waals surface area contributed by atoms with Crippen LogP contribution in [0.5, 0.6) is 0 Å². The zero-order valence-corrected chi connectivity index (χ0v) is 19.0. The lowest BCUT2D eigenvalue weighted by Gasteiger charge is -2.27. The summed E-state index contributed by atoms with van der Waals surface area (Å²) in [5.41, 5.74) is 1.97. The summed E-state index contributed by atoms with van der Waals surface area (Å²) in [5, 5.41) is 2.45. The van der Waals surface area contributed by atoms with Crippen LogP contribution in [0, 0.1) is 5.92 Å². The minimum atomic E-state index is -0.584. The van der Waals surface area contributed by atoms with Crippen LogP contribution in [0.25, 0.3) is 11.0 Å². The minimum absolute atomic E-state index is 0.0100. The Morgan fingerprint density at radius 2 is 1.90 bits per heavy atom. The molecule has 2 aromatic heterocycles. The molecule has 0 radical (unpaired) electrons. The van der Waals surface area contributed by atoms with Crippen LogP contribution in [0.3, 0.4) is 0 Å². The molecule has 2 fully saturated rings. The fourth-order valence-electron chi connectivity index (χ4n) is 4.79. The Bertz CT molecular complexity index is 1100. The molecule has 1 unspecified atom stereocenters. The lowest BCUT2D eigenvalue weighted by Crippen LogP contribution is -2.29. The Hall–Kier alpha value is -1.37. The van der Waals surface area contributed by atoms with E-state index in [9.17, 15) is 0 Å². The highest BCUT2D eigenvalue weighted by Gasteiger charge is 2.55. The van der Waals surface area contributed by atoms with Crippen LogP contribution in [0.4, 0.5) is 0 Å². The minimum Gasteiger partial charge on any atom is -0.344 e. The number of aromatic nitrogens is 3. The van der Waals surface area contributed by atoms with Crippen molar-refractivity contribution in [3.05, 3.63) is 57.6 Å². The summed E-state index contributed by atoms with van der Waals surface area (Å²) in [6.45, 7) is 4.10. The van der Waals surface area contributed by atoms with Gasteiger partial charge < -0.3 is 14.0 Å². The maximum atomic E-state index is 6.48. The number of hydrogen-bond acceptors (Lipinski definition) is 4. The summed E-state index contributed by atoms with van der Waals surface area (Å²) < 4.78 is 15.1. The highest BCUT2D eigenvalue weighted by molar-refractivity contribution is 6.42. The Morgan fingerprint density at radius 3 is 2.67 bits per heavy atom. The third kappa shape index (κ3) is 3.41. The lowest BCUT2D eigenvalue weighted by molar-refractivity contribution is -0.175. The molecule has 0 N–H and O–H groups in total. The molecule has 1 aromatic carbocycles. The summed E-state index contributed by atoms with van der Waals surface area (Å²) in [5.74, 6) is -0.306. The molecule has 1 saturated carbocycles. The zero-order chi connectivity index (χ0) is 21.0. The van der Waals surface area contributed by atoms with Crippen LogP contribution in [0.15, 0.2) is 36.8 Å². The number of rotatable bonds is 4. The Balaban J connectivity index is 1.50. The van der Waals surface area contributed by atoms with Crippen LogP contribution >= 0.6 is 34.8 Å². The van der Waals surface area contributed by atoms with Gasteiger partial charge >= 0.3 is 0 Å². The molecule has 3 aromatic rings. The van der Waals surface area contributed by atoms with Gasteiger partial charge in [-0.05, 0) is 55.9 Å². The van der Waals surface area contributed by atoms with Crippen molar-refractivity contribution in [2.24, 2.45) is 5.92 Å². The topological polar surface area (TPSA) is 49.2 Å². The zero-order valence-electron chi connectivity index (χ0n) is 16.7. The first kappa shape index (κ1) is 20.5. The second kappa shape index (κ2) is 7.64. The van der Waals surface area contributed by atoms with Gasteiger partial charge in [-0.15, -0.1) is 0 Å². The molecule has 158 valence electrons. The number of hydrogen-bond donors (Lipinski definition) is 0. The summed E-state index contributed by atoms with van der Waals surface area (Å²) in [6.07, 6.45) is 5.99. The molecular weight excluding hydrogens is 445 g/mol. The van der Waals surface area contributed by atoms with E-state index in [-0.39, 0.29) is 24.2 Å². The molecule has 0 spiro atoms. The van der Waals surface area contributed by atoms with Gasteiger partial charge in [0.15, 0.2) is 5.79 Å². The predicted molar refractivity (Wildman–Crippen MR) is 118 cm³/mol. The van der Waals surface area contributed by atoms with Crippen molar-refractivity contribution in [3.63, 3.8) is 0 Å². The second-order valence-electron chi connectivity index (χ2n) is 8.29. The van der Waals surface area contributed by atoms with Gasteiger partial charge in [0.25, 0.3) is 0 Å². The van der Waals surface area contributed by atoms with Crippen LogP contribution in [0.1, 0.15) is 38.3 Å².